The Morgan fingerprint density at radius 3 is 2.46 bits per heavy atom. The van der Waals surface area contributed by atoms with Crippen molar-refractivity contribution in [1.29, 1.82) is 0 Å². The Balaban J connectivity index is 0.00000208. The summed E-state index contributed by atoms with van der Waals surface area (Å²) in [5.74, 6) is -0.0553. The molecule has 2 aliphatic rings. The van der Waals surface area contributed by atoms with Crippen molar-refractivity contribution in [3.05, 3.63) is 34.3 Å². The number of benzene rings is 1. The van der Waals surface area contributed by atoms with Crippen LogP contribution in [-0.4, -0.2) is 48.4 Å². The van der Waals surface area contributed by atoms with Gasteiger partial charge in [-0.15, -0.1) is 12.4 Å². The minimum absolute atomic E-state index is 0. The monoisotopic (exact) mass is 415 g/mol. The third kappa shape index (κ3) is 4.49. The van der Waals surface area contributed by atoms with Crippen molar-refractivity contribution in [2.24, 2.45) is 0 Å². The molecule has 3 rings (SSSR count). The lowest BCUT2D eigenvalue weighted by atomic mass is 10.1. The van der Waals surface area contributed by atoms with E-state index in [4.69, 9.17) is 0 Å². The maximum absolute atomic E-state index is 12.7. The van der Waals surface area contributed by atoms with Crippen molar-refractivity contribution in [2.45, 2.75) is 37.8 Å². The molecule has 2 heterocycles. The summed E-state index contributed by atoms with van der Waals surface area (Å²) in [6.07, 6.45) is 3.55. The van der Waals surface area contributed by atoms with Crippen molar-refractivity contribution in [3.8, 4) is 0 Å². The average Bonchev–Trinajstić information content (AvgIpc) is 3.05. The summed E-state index contributed by atoms with van der Waals surface area (Å²) in [4.78, 5) is 27.0. The molecule has 5 nitrogen and oxygen atoms in total. The third-order valence-corrected chi connectivity index (χ3v) is 5.12. The van der Waals surface area contributed by atoms with Crippen molar-refractivity contribution in [2.75, 3.05) is 19.6 Å². The molecule has 7 heteroatoms. The average molecular weight is 417 g/mol. The Hall–Kier alpha value is -1.11. The molecule has 2 aliphatic heterocycles. The molecular formula is C17H23BrClN3O2. The first-order valence-electron chi connectivity index (χ1n) is 8.23. The van der Waals surface area contributed by atoms with E-state index >= 15 is 0 Å². The van der Waals surface area contributed by atoms with E-state index in [1.165, 1.54) is 0 Å². The van der Waals surface area contributed by atoms with Crippen LogP contribution in [0, 0.1) is 0 Å². The van der Waals surface area contributed by atoms with Gasteiger partial charge in [0.15, 0.2) is 0 Å². The summed E-state index contributed by atoms with van der Waals surface area (Å²) in [5.41, 5.74) is 0.634. The molecule has 2 saturated heterocycles. The SMILES string of the molecule is Cl.O=C(NC1CCNCC1)C1CCCN1C(=O)c1ccc(Br)cc1. The largest absolute Gasteiger partial charge is 0.351 e. The number of carbonyl (C=O) groups is 2. The number of hydrogen-bond donors (Lipinski definition) is 2. The van der Waals surface area contributed by atoms with Crippen LogP contribution in [-0.2, 0) is 4.79 Å². The van der Waals surface area contributed by atoms with Crippen LogP contribution in [0.2, 0.25) is 0 Å². The maximum Gasteiger partial charge on any atom is 0.254 e. The second kappa shape index (κ2) is 8.83. The van der Waals surface area contributed by atoms with Crippen molar-refractivity contribution in [1.82, 2.24) is 15.5 Å². The number of hydrogen-bond acceptors (Lipinski definition) is 3. The summed E-state index contributed by atoms with van der Waals surface area (Å²) in [6, 6.07) is 7.20. The molecule has 1 aromatic carbocycles. The molecular weight excluding hydrogens is 394 g/mol. The van der Waals surface area contributed by atoms with Gasteiger partial charge in [-0.2, -0.15) is 0 Å². The highest BCUT2D eigenvalue weighted by Crippen LogP contribution is 2.22. The fourth-order valence-corrected chi connectivity index (χ4v) is 3.57. The van der Waals surface area contributed by atoms with E-state index in [0.29, 0.717) is 12.1 Å². The highest BCUT2D eigenvalue weighted by Gasteiger charge is 2.35. The lowest BCUT2D eigenvalue weighted by molar-refractivity contribution is -0.125. The van der Waals surface area contributed by atoms with Crippen LogP contribution >= 0.6 is 28.3 Å². The zero-order valence-corrected chi connectivity index (χ0v) is 15.9. The summed E-state index contributed by atoms with van der Waals surface area (Å²) in [6.45, 7) is 2.54. The van der Waals surface area contributed by atoms with Gasteiger partial charge < -0.3 is 15.5 Å². The van der Waals surface area contributed by atoms with E-state index in [2.05, 4.69) is 26.6 Å². The zero-order chi connectivity index (χ0) is 16.2. The van der Waals surface area contributed by atoms with Gasteiger partial charge in [0.25, 0.3) is 5.91 Å². The first-order valence-corrected chi connectivity index (χ1v) is 9.02. The highest BCUT2D eigenvalue weighted by atomic mass is 79.9. The Labute approximate surface area is 157 Å². The minimum atomic E-state index is -0.332. The fraction of sp³-hybridized carbons (Fsp3) is 0.529. The predicted molar refractivity (Wildman–Crippen MR) is 99.5 cm³/mol. The molecule has 0 bridgehead atoms. The number of nitrogens with zero attached hydrogens (tertiary/aromatic N) is 1. The van der Waals surface area contributed by atoms with E-state index in [9.17, 15) is 9.59 Å². The van der Waals surface area contributed by atoms with E-state index in [1.807, 2.05) is 12.1 Å². The van der Waals surface area contributed by atoms with E-state index in [-0.39, 0.29) is 36.3 Å². The topological polar surface area (TPSA) is 61.4 Å². The lowest BCUT2D eigenvalue weighted by Crippen LogP contribution is -2.51. The van der Waals surface area contributed by atoms with Crippen LogP contribution < -0.4 is 10.6 Å². The quantitative estimate of drug-likeness (QED) is 0.795. The van der Waals surface area contributed by atoms with Crippen LogP contribution in [0.3, 0.4) is 0 Å². The fourth-order valence-electron chi connectivity index (χ4n) is 3.30. The molecule has 0 saturated carbocycles. The second-order valence-corrected chi connectivity index (χ2v) is 7.11. The molecule has 0 spiro atoms. The van der Waals surface area contributed by atoms with Gasteiger partial charge in [0.05, 0.1) is 0 Å². The van der Waals surface area contributed by atoms with E-state index < -0.39 is 0 Å². The van der Waals surface area contributed by atoms with Crippen molar-refractivity contribution < 1.29 is 9.59 Å². The van der Waals surface area contributed by atoms with Crippen molar-refractivity contribution >= 4 is 40.2 Å². The summed E-state index contributed by atoms with van der Waals surface area (Å²) < 4.78 is 0.940. The molecule has 132 valence electrons. The summed E-state index contributed by atoms with van der Waals surface area (Å²) >= 11 is 3.37. The Morgan fingerprint density at radius 1 is 1.12 bits per heavy atom. The summed E-state index contributed by atoms with van der Waals surface area (Å²) in [5, 5.41) is 6.42. The molecule has 2 N–H and O–H groups in total. The third-order valence-electron chi connectivity index (χ3n) is 4.59. The van der Waals surface area contributed by atoms with Crippen LogP contribution in [0.5, 0.6) is 0 Å². The molecule has 1 aromatic rings. The molecule has 0 radical (unpaired) electrons. The van der Waals surface area contributed by atoms with Gasteiger partial charge in [-0.3, -0.25) is 9.59 Å². The van der Waals surface area contributed by atoms with Gasteiger partial charge >= 0.3 is 0 Å². The Morgan fingerprint density at radius 2 is 1.79 bits per heavy atom. The molecule has 2 fully saturated rings. The van der Waals surface area contributed by atoms with Crippen LogP contribution in [0.4, 0.5) is 0 Å². The first-order chi connectivity index (χ1) is 11.1. The lowest BCUT2D eigenvalue weighted by Gasteiger charge is -2.28. The van der Waals surface area contributed by atoms with Gasteiger partial charge in [-0.05, 0) is 63.0 Å². The normalized spacial score (nSPS) is 21.2. The van der Waals surface area contributed by atoms with Gasteiger partial charge in [-0.1, -0.05) is 15.9 Å². The molecule has 24 heavy (non-hydrogen) atoms. The van der Waals surface area contributed by atoms with Crippen molar-refractivity contribution in [3.63, 3.8) is 0 Å². The number of halogens is 2. The van der Waals surface area contributed by atoms with Gasteiger partial charge in [0, 0.05) is 22.6 Å². The van der Waals surface area contributed by atoms with Gasteiger partial charge in [0.2, 0.25) is 5.91 Å². The summed E-state index contributed by atoms with van der Waals surface area (Å²) in [7, 11) is 0. The van der Waals surface area contributed by atoms with Crippen LogP contribution in [0.15, 0.2) is 28.7 Å². The number of piperidine rings is 1. The van der Waals surface area contributed by atoms with E-state index in [1.54, 1.807) is 17.0 Å². The Kier molecular flexibility index (Phi) is 7.07. The highest BCUT2D eigenvalue weighted by molar-refractivity contribution is 9.10. The van der Waals surface area contributed by atoms with Crippen LogP contribution in [0.1, 0.15) is 36.0 Å². The zero-order valence-electron chi connectivity index (χ0n) is 13.5. The standard InChI is InChI=1S/C17H22BrN3O2.ClH/c18-13-5-3-12(4-6-13)17(23)21-11-1-2-15(21)16(22)20-14-7-9-19-10-8-14;/h3-6,14-15,19H,1-2,7-11H2,(H,20,22);1H. The molecule has 1 atom stereocenters. The van der Waals surface area contributed by atoms with Gasteiger partial charge in [0.1, 0.15) is 6.04 Å². The minimum Gasteiger partial charge on any atom is -0.351 e. The Bertz CT molecular complexity index is 576. The number of rotatable bonds is 3. The van der Waals surface area contributed by atoms with E-state index in [0.717, 1.165) is 43.2 Å². The number of amides is 2. The smallest absolute Gasteiger partial charge is 0.254 e. The maximum atomic E-state index is 12.7. The molecule has 0 aliphatic carbocycles. The molecule has 0 aromatic heterocycles. The number of likely N-dealkylation sites (tertiary alicyclic amines) is 1. The molecule has 1 unspecified atom stereocenters. The van der Waals surface area contributed by atoms with Crippen LogP contribution in [0.25, 0.3) is 0 Å². The number of nitrogens with one attached hydrogen (secondary N) is 2. The first kappa shape index (κ1) is 19.2. The predicted octanol–water partition coefficient (Wildman–Crippen LogP) is 2.34. The number of carbonyl (C=O) groups excluding carboxylic acids is 2. The molecule has 2 amide bonds. The second-order valence-electron chi connectivity index (χ2n) is 6.20. The van der Waals surface area contributed by atoms with Gasteiger partial charge in [-0.25, -0.2) is 0 Å².